The highest BCUT2D eigenvalue weighted by Crippen LogP contribution is 2.30. The van der Waals surface area contributed by atoms with Gasteiger partial charge in [0.1, 0.15) is 11.6 Å². The van der Waals surface area contributed by atoms with Crippen LogP contribution in [0.1, 0.15) is 39.7 Å². The van der Waals surface area contributed by atoms with Gasteiger partial charge in [0.2, 0.25) is 0 Å². The minimum atomic E-state index is -1.12. The Hall–Kier alpha value is -1.04. The molecule has 0 fully saturated rings. The zero-order chi connectivity index (χ0) is 16.6. The van der Waals surface area contributed by atoms with E-state index in [2.05, 4.69) is 0 Å². The van der Waals surface area contributed by atoms with E-state index in [0.29, 0.717) is 38.2 Å². The molecule has 0 bridgehead atoms. The normalized spacial score (nSPS) is 13.4. The van der Waals surface area contributed by atoms with Crippen LogP contribution in [0.5, 0.6) is 0 Å². The van der Waals surface area contributed by atoms with Crippen molar-refractivity contribution >= 4 is 0 Å². The molecular formula is C17H26F2O3. The van der Waals surface area contributed by atoms with E-state index in [9.17, 15) is 8.78 Å². The van der Waals surface area contributed by atoms with Crippen molar-refractivity contribution in [1.29, 1.82) is 0 Å². The number of rotatable bonds is 10. The van der Waals surface area contributed by atoms with E-state index >= 15 is 0 Å². The molecule has 1 aromatic rings. The van der Waals surface area contributed by atoms with E-state index in [1.165, 1.54) is 12.1 Å². The Morgan fingerprint density at radius 3 is 2.00 bits per heavy atom. The Labute approximate surface area is 131 Å². The minimum absolute atomic E-state index is 0.100. The maximum atomic E-state index is 13.7. The van der Waals surface area contributed by atoms with Gasteiger partial charge in [0.05, 0.1) is 0 Å². The number of hydrogen-bond donors (Lipinski definition) is 0. The van der Waals surface area contributed by atoms with E-state index < -0.39 is 17.6 Å². The third kappa shape index (κ3) is 5.00. The van der Waals surface area contributed by atoms with Crippen LogP contribution in [0.25, 0.3) is 0 Å². The van der Waals surface area contributed by atoms with E-state index in [-0.39, 0.29) is 5.92 Å². The van der Waals surface area contributed by atoms with Crippen molar-refractivity contribution in [3.8, 4) is 0 Å². The molecular weight excluding hydrogens is 290 g/mol. The number of halogens is 2. The third-order valence-electron chi connectivity index (χ3n) is 3.50. The average molecular weight is 316 g/mol. The summed E-state index contributed by atoms with van der Waals surface area (Å²) in [5.74, 6) is -2.31. The van der Waals surface area contributed by atoms with Gasteiger partial charge in [-0.3, -0.25) is 0 Å². The first-order valence-electron chi connectivity index (χ1n) is 7.84. The first-order chi connectivity index (χ1) is 10.5. The maximum Gasteiger partial charge on any atom is 0.285 e. The molecule has 0 aliphatic carbocycles. The summed E-state index contributed by atoms with van der Waals surface area (Å²) in [5.41, 5.74) is 0.478. The van der Waals surface area contributed by atoms with Gasteiger partial charge in [-0.2, -0.15) is 0 Å². The van der Waals surface area contributed by atoms with E-state index in [1.807, 2.05) is 27.7 Å². The zero-order valence-corrected chi connectivity index (χ0v) is 13.8. The van der Waals surface area contributed by atoms with E-state index in [4.69, 9.17) is 14.2 Å². The second-order valence-electron chi connectivity index (χ2n) is 5.08. The van der Waals surface area contributed by atoms with Gasteiger partial charge in [0.15, 0.2) is 0 Å². The molecule has 0 amide bonds. The second-order valence-corrected chi connectivity index (χ2v) is 5.08. The third-order valence-corrected chi connectivity index (χ3v) is 3.50. The maximum absolute atomic E-state index is 13.7. The summed E-state index contributed by atoms with van der Waals surface area (Å²) >= 11 is 0. The van der Waals surface area contributed by atoms with Crippen LogP contribution >= 0.6 is 0 Å². The Morgan fingerprint density at radius 1 is 1.00 bits per heavy atom. The number of hydrogen-bond acceptors (Lipinski definition) is 3. The molecule has 0 saturated heterocycles. The van der Waals surface area contributed by atoms with Crippen molar-refractivity contribution in [2.45, 2.75) is 46.5 Å². The lowest BCUT2D eigenvalue weighted by Crippen LogP contribution is -2.45. The monoisotopic (exact) mass is 316 g/mol. The van der Waals surface area contributed by atoms with Crippen LogP contribution in [0.4, 0.5) is 8.78 Å². The number of aryl methyl sites for hydroxylation is 1. The van der Waals surface area contributed by atoms with Gasteiger partial charge >= 0.3 is 0 Å². The van der Waals surface area contributed by atoms with Gasteiger partial charge in [-0.1, -0.05) is 13.0 Å². The molecule has 0 N–H and O–H groups in total. The molecule has 1 unspecified atom stereocenters. The van der Waals surface area contributed by atoms with Crippen molar-refractivity contribution in [2.75, 3.05) is 19.8 Å². The molecule has 3 nitrogen and oxygen atoms in total. The lowest BCUT2D eigenvalue weighted by molar-refractivity contribution is -0.400. The van der Waals surface area contributed by atoms with Crippen molar-refractivity contribution in [2.24, 2.45) is 5.92 Å². The van der Waals surface area contributed by atoms with Gasteiger partial charge in [-0.15, -0.1) is 0 Å². The number of ether oxygens (including phenoxy) is 3. The first-order valence-corrected chi connectivity index (χ1v) is 7.84. The van der Waals surface area contributed by atoms with Crippen molar-refractivity contribution in [3.05, 3.63) is 35.4 Å². The van der Waals surface area contributed by atoms with Crippen LogP contribution in [0, 0.1) is 17.6 Å². The molecule has 0 radical (unpaired) electrons. The van der Waals surface area contributed by atoms with E-state index in [1.54, 1.807) is 0 Å². The fourth-order valence-electron chi connectivity index (χ4n) is 2.43. The van der Waals surface area contributed by atoms with Gasteiger partial charge < -0.3 is 14.2 Å². The summed E-state index contributed by atoms with van der Waals surface area (Å²) in [7, 11) is 0. The highest BCUT2D eigenvalue weighted by molar-refractivity contribution is 5.18. The zero-order valence-electron chi connectivity index (χ0n) is 13.8. The summed E-state index contributed by atoms with van der Waals surface area (Å²) in [6.45, 7) is 8.93. The van der Waals surface area contributed by atoms with Crippen LogP contribution in [-0.2, 0) is 20.6 Å². The smallest absolute Gasteiger partial charge is 0.285 e. The van der Waals surface area contributed by atoms with Crippen molar-refractivity contribution < 1.29 is 23.0 Å². The molecule has 0 aliphatic rings. The van der Waals surface area contributed by atoms with Crippen LogP contribution in [-0.4, -0.2) is 25.8 Å². The summed E-state index contributed by atoms with van der Waals surface area (Å²) in [4.78, 5) is 0. The topological polar surface area (TPSA) is 27.7 Å². The molecule has 0 saturated carbocycles. The molecule has 0 aliphatic heterocycles. The lowest BCUT2D eigenvalue weighted by Gasteiger charge is -2.37. The molecule has 5 heteroatoms. The highest BCUT2D eigenvalue weighted by atomic mass is 19.1. The first kappa shape index (κ1) is 19.0. The van der Waals surface area contributed by atoms with Crippen LogP contribution in [0.2, 0.25) is 0 Å². The van der Waals surface area contributed by atoms with Gasteiger partial charge in [-0.25, -0.2) is 8.78 Å². The predicted molar refractivity (Wildman–Crippen MR) is 81.5 cm³/mol. The van der Waals surface area contributed by atoms with Gasteiger partial charge in [0, 0.05) is 31.8 Å². The van der Waals surface area contributed by atoms with Gasteiger partial charge in [-0.05, 0) is 45.2 Å². The van der Waals surface area contributed by atoms with Crippen molar-refractivity contribution in [3.63, 3.8) is 0 Å². The van der Waals surface area contributed by atoms with Crippen LogP contribution < -0.4 is 0 Å². The van der Waals surface area contributed by atoms with Crippen LogP contribution in [0.15, 0.2) is 18.2 Å². The fourth-order valence-corrected chi connectivity index (χ4v) is 2.43. The van der Waals surface area contributed by atoms with Gasteiger partial charge in [0.25, 0.3) is 5.97 Å². The molecule has 126 valence electrons. The molecule has 1 rings (SSSR count). The summed E-state index contributed by atoms with van der Waals surface area (Å²) in [6.07, 6.45) is 1.06. The highest BCUT2D eigenvalue weighted by Gasteiger charge is 2.39. The van der Waals surface area contributed by atoms with Crippen LogP contribution in [0.3, 0.4) is 0 Å². The molecule has 22 heavy (non-hydrogen) atoms. The Bertz CT molecular complexity index is 435. The molecule has 1 aromatic carbocycles. The number of benzene rings is 1. The average Bonchev–Trinajstić information content (AvgIpc) is 2.46. The minimum Gasteiger partial charge on any atom is -0.328 e. The van der Waals surface area contributed by atoms with E-state index in [0.717, 1.165) is 6.07 Å². The molecule has 0 aromatic heterocycles. The Morgan fingerprint density at radius 2 is 1.55 bits per heavy atom. The Kier molecular flexibility index (Phi) is 7.93. The quantitative estimate of drug-likeness (QED) is 0.602. The second kappa shape index (κ2) is 9.18. The summed E-state index contributed by atoms with van der Waals surface area (Å²) in [5, 5.41) is 0. The Balaban J connectivity index is 2.78. The molecule has 0 spiro atoms. The largest absolute Gasteiger partial charge is 0.328 e. The fraction of sp³-hybridized carbons (Fsp3) is 0.647. The van der Waals surface area contributed by atoms with Crippen molar-refractivity contribution in [1.82, 2.24) is 0 Å². The summed E-state index contributed by atoms with van der Waals surface area (Å²) in [6, 6.07) is 3.64. The summed E-state index contributed by atoms with van der Waals surface area (Å²) < 4.78 is 43.8. The lowest BCUT2D eigenvalue weighted by atomic mass is 9.98. The molecule has 1 atom stereocenters. The standard InChI is InChI=1S/C17H26F2O3/c1-5-20-17(21-6-2,22-7-3)13(4)8-9-14-10-11-15(18)12-16(14)19/h10-13H,5-9H2,1-4H3. The SMILES string of the molecule is CCOC(OCC)(OCC)C(C)CCc1ccc(F)cc1F. The predicted octanol–water partition coefficient (Wildman–Crippen LogP) is 4.30. The molecule has 0 heterocycles.